The van der Waals surface area contributed by atoms with Crippen molar-refractivity contribution in [1.82, 2.24) is 0 Å². The molecular weight excluding hydrogens is 640 g/mol. The first-order valence-corrected chi connectivity index (χ1v) is 15.6. The largest absolute Gasteiger partial charge is 0.496 e. The highest BCUT2D eigenvalue weighted by molar-refractivity contribution is 5.45. The quantitative estimate of drug-likeness (QED) is 0.137. The number of fused-ring (bicyclic) bond motifs is 1. The molecule has 4 heterocycles. The van der Waals surface area contributed by atoms with Crippen LogP contribution in [0.15, 0.2) is 36.4 Å². The Kier molecular flexibility index (Phi) is 10.6. The maximum absolute atomic E-state index is 10.4. The number of benzene rings is 2. The first-order valence-electron chi connectivity index (χ1n) is 15.6. The van der Waals surface area contributed by atoms with E-state index < -0.39 is 86.8 Å². The van der Waals surface area contributed by atoms with Gasteiger partial charge < -0.3 is 78.7 Å². The lowest BCUT2D eigenvalue weighted by Gasteiger charge is -2.39. The third kappa shape index (κ3) is 6.44. The summed E-state index contributed by atoms with van der Waals surface area (Å²) in [7, 11) is 2.99. The molecule has 266 valence electrons. The van der Waals surface area contributed by atoms with Crippen molar-refractivity contribution in [3.8, 4) is 23.0 Å². The van der Waals surface area contributed by atoms with E-state index in [0.29, 0.717) is 24.7 Å². The van der Waals surface area contributed by atoms with E-state index in [0.717, 1.165) is 11.1 Å². The van der Waals surface area contributed by atoms with Crippen molar-refractivity contribution in [2.75, 3.05) is 40.6 Å². The molecule has 0 radical (unpaired) electrons. The molecule has 48 heavy (non-hydrogen) atoms. The summed E-state index contributed by atoms with van der Waals surface area (Å²) in [6.45, 7) is -0.412. The molecule has 6 rings (SSSR count). The maximum atomic E-state index is 10.4. The summed E-state index contributed by atoms with van der Waals surface area (Å²) >= 11 is 0. The van der Waals surface area contributed by atoms with E-state index in [9.17, 15) is 40.9 Å². The summed E-state index contributed by atoms with van der Waals surface area (Å²) in [6, 6.07) is 10.0. The van der Waals surface area contributed by atoms with E-state index in [2.05, 4.69) is 0 Å². The maximum Gasteiger partial charge on any atom is 0.229 e. The van der Waals surface area contributed by atoms with Crippen molar-refractivity contribution >= 4 is 0 Å². The smallest absolute Gasteiger partial charge is 0.229 e. The van der Waals surface area contributed by atoms with Crippen LogP contribution in [0.5, 0.6) is 23.0 Å². The molecule has 4 aliphatic rings. The Morgan fingerprint density at radius 1 is 0.583 bits per heavy atom. The Morgan fingerprint density at radius 2 is 0.979 bits per heavy atom. The van der Waals surface area contributed by atoms with Crippen LogP contribution in [0.1, 0.15) is 23.3 Å². The van der Waals surface area contributed by atoms with Crippen LogP contribution in [0.25, 0.3) is 0 Å². The molecule has 0 unspecified atom stereocenters. The number of hydrogen-bond donors (Lipinski definition) is 8. The lowest BCUT2D eigenvalue weighted by Crippen LogP contribution is -2.60. The third-order valence-electron chi connectivity index (χ3n) is 9.49. The lowest BCUT2D eigenvalue weighted by molar-refractivity contribution is -0.277. The Hall–Kier alpha value is -2.84. The Morgan fingerprint density at radius 3 is 1.33 bits per heavy atom. The molecule has 2 aromatic rings. The van der Waals surface area contributed by atoms with Crippen LogP contribution in [-0.2, 0) is 18.9 Å². The average Bonchev–Trinajstić information content (AvgIpc) is 3.71. The molecule has 16 nitrogen and oxygen atoms in total. The summed E-state index contributed by atoms with van der Waals surface area (Å²) in [4.78, 5) is 0. The zero-order valence-corrected chi connectivity index (χ0v) is 26.2. The van der Waals surface area contributed by atoms with Gasteiger partial charge in [-0.3, -0.25) is 0 Å². The Bertz CT molecular complexity index is 1290. The molecule has 0 saturated carbocycles. The molecule has 0 spiro atoms. The van der Waals surface area contributed by atoms with E-state index >= 15 is 0 Å². The fourth-order valence-electron chi connectivity index (χ4n) is 6.79. The topological polar surface area (TPSA) is 236 Å². The minimum atomic E-state index is -1.58. The molecule has 0 amide bonds. The molecule has 8 N–H and O–H groups in total. The number of ether oxygens (including phenoxy) is 8. The van der Waals surface area contributed by atoms with Crippen LogP contribution in [0.4, 0.5) is 0 Å². The highest BCUT2D eigenvalue weighted by atomic mass is 16.7. The van der Waals surface area contributed by atoms with Gasteiger partial charge in [-0.15, -0.1) is 0 Å². The summed E-state index contributed by atoms with van der Waals surface area (Å²) < 4.78 is 46.3. The van der Waals surface area contributed by atoms with Crippen molar-refractivity contribution < 1.29 is 78.7 Å². The van der Waals surface area contributed by atoms with Crippen LogP contribution in [0.2, 0.25) is 0 Å². The van der Waals surface area contributed by atoms with Gasteiger partial charge in [0.15, 0.2) is 0 Å². The molecular formula is C32H42O16. The first kappa shape index (κ1) is 35.0. The average molecular weight is 683 g/mol. The second-order valence-electron chi connectivity index (χ2n) is 12.3. The fraction of sp³-hybridized carbons (Fsp3) is 0.625. The van der Waals surface area contributed by atoms with Crippen LogP contribution >= 0.6 is 0 Å². The SMILES string of the molecule is COc1cc(O[C@@H]2O[C@H](CO)[C@@H](O)[C@H](O)[C@H]2O)ccc1[C@H]1OC[C@H]2[C@@H]1CO[C@@H]2c1ccc(O[C@@H]2O[C@H](CO)[C@@H](O)[C@H](O)[C@H]2O)cc1OC. The third-order valence-corrected chi connectivity index (χ3v) is 9.49. The van der Waals surface area contributed by atoms with Crippen molar-refractivity contribution in [1.29, 1.82) is 0 Å². The normalized spacial score (nSPS) is 39.5. The predicted molar refractivity (Wildman–Crippen MR) is 159 cm³/mol. The molecule has 0 bridgehead atoms. The molecule has 16 heteroatoms. The number of aliphatic hydroxyl groups excluding tert-OH is 8. The number of methoxy groups -OCH3 is 2. The second kappa shape index (κ2) is 14.6. The zero-order valence-electron chi connectivity index (χ0n) is 26.2. The molecule has 0 aromatic heterocycles. The zero-order chi connectivity index (χ0) is 34.3. The number of aliphatic hydroxyl groups is 8. The Balaban J connectivity index is 1.15. The predicted octanol–water partition coefficient (Wildman–Crippen LogP) is -1.86. The summed E-state index contributed by atoms with van der Waals surface area (Å²) in [5.74, 6) is 1.28. The number of hydrogen-bond acceptors (Lipinski definition) is 16. The number of rotatable bonds is 10. The molecule has 0 aliphatic carbocycles. The van der Waals surface area contributed by atoms with Crippen molar-refractivity contribution in [2.45, 2.75) is 73.6 Å². The van der Waals surface area contributed by atoms with Crippen LogP contribution in [0, 0.1) is 11.8 Å². The van der Waals surface area contributed by atoms with Gasteiger partial charge in [-0.25, -0.2) is 0 Å². The van der Waals surface area contributed by atoms with Gasteiger partial charge in [-0.1, -0.05) is 0 Å². The van der Waals surface area contributed by atoms with Crippen LogP contribution in [0.3, 0.4) is 0 Å². The second-order valence-corrected chi connectivity index (χ2v) is 12.3. The first-order chi connectivity index (χ1) is 23.1. The molecule has 4 saturated heterocycles. The molecule has 4 fully saturated rings. The van der Waals surface area contributed by atoms with Gasteiger partial charge in [-0.05, 0) is 24.3 Å². The van der Waals surface area contributed by atoms with Crippen LogP contribution in [-0.4, -0.2) is 143 Å². The van der Waals surface area contributed by atoms with Gasteiger partial charge in [0.25, 0.3) is 0 Å². The molecule has 2 aromatic carbocycles. The van der Waals surface area contributed by atoms with Crippen molar-refractivity contribution in [2.24, 2.45) is 11.8 Å². The van der Waals surface area contributed by atoms with Gasteiger partial charge >= 0.3 is 0 Å². The van der Waals surface area contributed by atoms with E-state index in [4.69, 9.17) is 37.9 Å². The summed E-state index contributed by atoms with van der Waals surface area (Å²) in [5.41, 5.74) is 1.48. The summed E-state index contributed by atoms with van der Waals surface area (Å²) in [6.07, 6.45) is -15.0. The minimum absolute atomic E-state index is 0.0594. The highest BCUT2D eigenvalue weighted by Gasteiger charge is 2.50. The highest BCUT2D eigenvalue weighted by Crippen LogP contribution is 2.53. The Labute approximate surface area is 275 Å². The monoisotopic (exact) mass is 682 g/mol. The van der Waals surface area contributed by atoms with Gasteiger partial charge in [-0.2, -0.15) is 0 Å². The summed E-state index contributed by atoms with van der Waals surface area (Å²) in [5, 5.41) is 80.0. The van der Waals surface area contributed by atoms with Crippen LogP contribution < -0.4 is 18.9 Å². The molecule has 4 aliphatic heterocycles. The van der Waals surface area contributed by atoms with Crippen molar-refractivity contribution in [3.05, 3.63) is 47.5 Å². The minimum Gasteiger partial charge on any atom is -0.496 e. The van der Waals surface area contributed by atoms with Gasteiger partial charge in [0.05, 0.1) is 52.9 Å². The van der Waals surface area contributed by atoms with Gasteiger partial charge in [0, 0.05) is 35.1 Å². The van der Waals surface area contributed by atoms with Gasteiger partial charge in [0.1, 0.15) is 71.8 Å². The van der Waals surface area contributed by atoms with E-state index in [1.807, 2.05) is 0 Å². The standard InChI is InChI=1S/C32H42O16/c1-41-19-7-13(45-31-27(39)25(37)23(35)21(9-33)47-31)3-5-15(19)29-17-11-44-30(18(17)12-43-29)16-6-4-14(8-20(16)42-2)46-32-28(40)26(38)24(36)22(10-34)48-32/h3-8,17-18,21-40H,9-12H2,1-2H3/t17-,18-,21+,22+,23+,24+,25-,26-,27+,28+,29+,30+,31+,32+/m0/s1. The van der Waals surface area contributed by atoms with E-state index in [-0.39, 0.29) is 23.3 Å². The van der Waals surface area contributed by atoms with E-state index in [1.165, 1.54) is 14.2 Å². The van der Waals surface area contributed by atoms with Gasteiger partial charge in [0.2, 0.25) is 12.6 Å². The van der Waals surface area contributed by atoms with E-state index in [1.54, 1.807) is 36.4 Å². The van der Waals surface area contributed by atoms with Crippen molar-refractivity contribution in [3.63, 3.8) is 0 Å². The fourth-order valence-corrected chi connectivity index (χ4v) is 6.79. The lowest BCUT2D eigenvalue weighted by atomic mass is 9.84. The molecule has 14 atom stereocenters.